The van der Waals surface area contributed by atoms with Gasteiger partial charge in [0.2, 0.25) is 5.91 Å². The Balaban J connectivity index is 1.64. The quantitative estimate of drug-likeness (QED) is 0.814. The van der Waals surface area contributed by atoms with Gasteiger partial charge in [-0.2, -0.15) is 0 Å². The summed E-state index contributed by atoms with van der Waals surface area (Å²) in [5.74, 6) is 0.0342. The monoisotopic (exact) mass is 358 g/mol. The van der Waals surface area contributed by atoms with Gasteiger partial charge >= 0.3 is 0 Å². The fraction of sp³-hybridized carbons (Fsp3) is 0.450. The summed E-state index contributed by atoms with van der Waals surface area (Å²) in [5, 5.41) is 5.18. The van der Waals surface area contributed by atoms with Crippen molar-refractivity contribution in [2.45, 2.75) is 39.3 Å². The van der Waals surface area contributed by atoms with Gasteiger partial charge in [-0.05, 0) is 49.3 Å². The van der Waals surface area contributed by atoms with Crippen LogP contribution in [-0.4, -0.2) is 36.6 Å². The first-order valence-corrected chi connectivity index (χ1v) is 9.72. The summed E-state index contributed by atoms with van der Waals surface area (Å²) in [4.78, 5) is 16.1. The highest BCUT2D eigenvalue weighted by Crippen LogP contribution is 2.20. The molecule has 2 aromatic rings. The van der Waals surface area contributed by atoms with Crippen molar-refractivity contribution in [3.63, 3.8) is 0 Å². The fourth-order valence-corrected chi connectivity index (χ4v) is 4.02. The zero-order valence-electron chi connectivity index (χ0n) is 15.0. The van der Waals surface area contributed by atoms with E-state index in [1.165, 1.54) is 4.88 Å². The third-order valence-corrected chi connectivity index (χ3v) is 5.42. The van der Waals surface area contributed by atoms with Gasteiger partial charge in [-0.3, -0.25) is 9.69 Å². The Bertz CT molecular complexity index is 673. The standard InChI is InChI=1S/C20H26N2O2S/c1-15-6-3-7-16(2)20(15)21-19(23)14-22(12-17-8-4-10-24-17)13-18-9-5-11-25-18/h3,5-7,9,11,17H,4,8,10,12-14H2,1-2H3,(H,21,23)/t17-/m1/s1. The molecule has 1 aliphatic heterocycles. The molecule has 0 saturated carbocycles. The Hall–Kier alpha value is -1.69. The second-order valence-electron chi connectivity index (χ2n) is 6.70. The van der Waals surface area contributed by atoms with Gasteiger partial charge in [-0.25, -0.2) is 0 Å². The number of benzene rings is 1. The predicted octanol–water partition coefficient (Wildman–Crippen LogP) is 3.98. The average Bonchev–Trinajstić information content (AvgIpc) is 3.25. The lowest BCUT2D eigenvalue weighted by atomic mass is 10.1. The van der Waals surface area contributed by atoms with Gasteiger partial charge in [-0.1, -0.05) is 24.3 Å². The molecule has 1 atom stereocenters. The number of amides is 1. The molecule has 1 fully saturated rings. The maximum absolute atomic E-state index is 12.6. The molecular weight excluding hydrogens is 332 g/mol. The molecule has 0 spiro atoms. The predicted molar refractivity (Wildman–Crippen MR) is 103 cm³/mol. The summed E-state index contributed by atoms with van der Waals surface area (Å²) < 4.78 is 5.77. The van der Waals surface area contributed by atoms with E-state index < -0.39 is 0 Å². The molecule has 1 aromatic heterocycles. The molecule has 4 nitrogen and oxygen atoms in total. The Morgan fingerprint density at radius 2 is 2.08 bits per heavy atom. The van der Waals surface area contributed by atoms with Crippen LogP contribution in [0, 0.1) is 13.8 Å². The van der Waals surface area contributed by atoms with E-state index in [0.717, 1.165) is 49.4 Å². The second kappa shape index (κ2) is 8.61. The fourth-order valence-electron chi connectivity index (χ4n) is 3.28. The summed E-state index contributed by atoms with van der Waals surface area (Å²) in [7, 11) is 0. The van der Waals surface area contributed by atoms with E-state index in [9.17, 15) is 4.79 Å². The summed E-state index contributed by atoms with van der Waals surface area (Å²) in [6.07, 6.45) is 2.44. The molecule has 1 N–H and O–H groups in total. The van der Waals surface area contributed by atoms with E-state index in [2.05, 4.69) is 27.7 Å². The maximum Gasteiger partial charge on any atom is 0.238 e. The summed E-state index contributed by atoms with van der Waals surface area (Å²) in [5.41, 5.74) is 3.12. The summed E-state index contributed by atoms with van der Waals surface area (Å²) >= 11 is 1.73. The number of rotatable bonds is 7. The van der Waals surface area contributed by atoms with Crippen molar-refractivity contribution >= 4 is 22.9 Å². The van der Waals surface area contributed by atoms with Crippen LogP contribution in [-0.2, 0) is 16.1 Å². The van der Waals surface area contributed by atoms with Crippen molar-refractivity contribution in [1.82, 2.24) is 4.90 Å². The van der Waals surface area contributed by atoms with Gasteiger partial charge in [0, 0.05) is 30.3 Å². The lowest BCUT2D eigenvalue weighted by molar-refractivity contribution is -0.117. The number of para-hydroxylation sites is 1. The van der Waals surface area contributed by atoms with Crippen LogP contribution in [0.25, 0.3) is 0 Å². The van der Waals surface area contributed by atoms with Gasteiger partial charge in [0.25, 0.3) is 0 Å². The van der Waals surface area contributed by atoms with E-state index in [1.807, 2.05) is 32.0 Å². The minimum absolute atomic E-state index is 0.0342. The second-order valence-corrected chi connectivity index (χ2v) is 7.73. The zero-order chi connectivity index (χ0) is 17.6. The number of ether oxygens (including phenoxy) is 1. The van der Waals surface area contributed by atoms with Crippen molar-refractivity contribution in [3.8, 4) is 0 Å². The van der Waals surface area contributed by atoms with Crippen molar-refractivity contribution in [2.24, 2.45) is 0 Å². The molecule has 25 heavy (non-hydrogen) atoms. The van der Waals surface area contributed by atoms with Crippen molar-refractivity contribution < 1.29 is 9.53 Å². The lowest BCUT2D eigenvalue weighted by Crippen LogP contribution is -2.37. The maximum atomic E-state index is 12.6. The van der Waals surface area contributed by atoms with Gasteiger partial charge < -0.3 is 10.1 Å². The number of aryl methyl sites for hydroxylation is 2. The number of thiophene rings is 1. The van der Waals surface area contributed by atoms with Crippen molar-refractivity contribution in [3.05, 3.63) is 51.7 Å². The summed E-state index contributed by atoms with van der Waals surface area (Å²) in [6, 6.07) is 10.2. The normalized spacial score (nSPS) is 17.2. The van der Waals surface area contributed by atoms with Gasteiger partial charge in [0.15, 0.2) is 0 Å². The molecule has 0 bridgehead atoms. The van der Waals surface area contributed by atoms with Crippen LogP contribution in [0.2, 0.25) is 0 Å². The highest BCUT2D eigenvalue weighted by atomic mass is 32.1. The molecule has 1 aliphatic rings. The Kier molecular flexibility index (Phi) is 6.24. The number of carbonyl (C=O) groups is 1. The number of nitrogens with zero attached hydrogens (tertiary/aromatic N) is 1. The third kappa shape index (κ3) is 5.14. The number of hydrogen-bond acceptors (Lipinski definition) is 4. The van der Waals surface area contributed by atoms with E-state index in [4.69, 9.17) is 4.74 Å². The van der Waals surface area contributed by atoms with Crippen molar-refractivity contribution in [1.29, 1.82) is 0 Å². The molecule has 0 unspecified atom stereocenters. The molecule has 1 aromatic carbocycles. The first-order chi connectivity index (χ1) is 12.1. The first kappa shape index (κ1) is 18.1. The molecule has 5 heteroatoms. The summed E-state index contributed by atoms with van der Waals surface area (Å²) in [6.45, 7) is 6.87. The first-order valence-electron chi connectivity index (χ1n) is 8.84. The largest absolute Gasteiger partial charge is 0.377 e. The highest BCUT2D eigenvalue weighted by molar-refractivity contribution is 7.09. The Morgan fingerprint density at radius 3 is 2.72 bits per heavy atom. The molecule has 3 rings (SSSR count). The van der Waals surface area contributed by atoms with Crippen molar-refractivity contribution in [2.75, 3.05) is 25.0 Å². The Morgan fingerprint density at radius 1 is 1.28 bits per heavy atom. The topological polar surface area (TPSA) is 41.6 Å². The van der Waals surface area contributed by atoms with Gasteiger partial charge in [0.1, 0.15) is 0 Å². The van der Waals surface area contributed by atoms with Crippen LogP contribution in [0.1, 0.15) is 28.8 Å². The van der Waals surface area contributed by atoms with E-state index in [1.54, 1.807) is 11.3 Å². The highest BCUT2D eigenvalue weighted by Gasteiger charge is 2.21. The smallest absolute Gasteiger partial charge is 0.238 e. The van der Waals surface area contributed by atoms with Crippen LogP contribution in [0.5, 0.6) is 0 Å². The molecule has 0 aliphatic carbocycles. The Labute approximate surface area is 153 Å². The molecule has 2 heterocycles. The van der Waals surface area contributed by atoms with Gasteiger partial charge in [0.05, 0.1) is 12.6 Å². The lowest BCUT2D eigenvalue weighted by Gasteiger charge is -2.24. The average molecular weight is 359 g/mol. The zero-order valence-corrected chi connectivity index (χ0v) is 15.8. The SMILES string of the molecule is Cc1cccc(C)c1NC(=O)CN(Cc1cccs1)C[C@H]1CCCO1. The molecule has 1 amide bonds. The van der Waals surface area contributed by atoms with Gasteiger partial charge in [-0.15, -0.1) is 11.3 Å². The van der Waals surface area contributed by atoms with Crippen LogP contribution < -0.4 is 5.32 Å². The molecular formula is C20H26N2O2S. The third-order valence-electron chi connectivity index (χ3n) is 4.56. The van der Waals surface area contributed by atoms with Crippen LogP contribution in [0.4, 0.5) is 5.69 Å². The molecule has 1 saturated heterocycles. The number of hydrogen-bond donors (Lipinski definition) is 1. The van der Waals surface area contributed by atoms with Crippen LogP contribution >= 0.6 is 11.3 Å². The minimum atomic E-state index is 0.0342. The minimum Gasteiger partial charge on any atom is -0.377 e. The van der Waals surface area contributed by atoms with E-state index >= 15 is 0 Å². The number of carbonyl (C=O) groups excluding carboxylic acids is 1. The number of nitrogens with one attached hydrogen (secondary N) is 1. The number of anilines is 1. The molecule has 0 radical (unpaired) electrons. The molecule has 134 valence electrons. The van der Waals surface area contributed by atoms with Crippen LogP contribution in [0.3, 0.4) is 0 Å². The van der Waals surface area contributed by atoms with Crippen LogP contribution in [0.15, 0.2) is 35.7 Å². The van der Waals surface area contributed by atoms with E-state index in [-0.39, 0.29) is 12.0 Å². The van der Waals surface area contributed by atoms with E-state index in [0.29, 0.717) is 6.54 Å².